The summed E-state index contributed by atoms with van der Waals surface area (Å²) >= 11 is 0. The summed E-state index contributed by atoms with van der Waals surface area (Å²) < 4.78 is 5.52. The summed E-state index contributed by atoms with van der Waals surface area (Å²) in [6.45, 7) is 2.13. The molecule has 1 heterocycles. The second-order valence-corrected chi connectivity index (χ2v) is 8.95. The van der Waals surface area contributed by atoms with Gasteiger partial charge < -0.3 is 20.1 Å². The van der Waals surface area contributed by atoms with E-state index >= 15 is 0 Å². The maximum absolute atomic E-state index is 13.0. The number of alkyl carbamates (subject to hydrolysis) is 1. The van der Waals surface area contributed by atoms with Crippen LogP contribution in [0.25, 0.3) is 11.1 Å². The number of likely N-dealkylation sites (tertiary alicyclic amines) is 1. The van der Waals surface area contributed by atoms with Crippen molar-refractivity contribution in [3.05, 3.63) is 59.7 Å². The van der Waals surface area contributed by atoms with E-state index in [2.05, 4.69) is 17.4 Å². The molecule has 3 aliphatic rings. The Labute approximate surface area is 186 Å². The van der Waals surface area contributed by atoms with Crippen molar-refractivity contribution in [3.8, 4) is 11.1 Å². The van der Waals surface area contributed by atoms with Gasteiger partial charge in [0, 0.05) is 12.5 Å². The first-order valence-electron chi connectivity index (χ1n) is 11.1. The number of nitrogens with zero attached hydrogens (tertiary/aromatic N) is 1. The van der Waals surface area contributed by atoms with Crippen LogP contribution in [0.1, 0.15) is 43.2 Å². The minimum absolute atomic E-state index is 0.0133. The van der Waals surface area contributed by atoms with Gasteiger partial charge in [-0.25, -0.2) is 9.59 Å². The number of aliphatic carboxylic acids is 1. The highest BCUT2D eigenvalue weighted by molar-refractivity contribution is 5.93. The average molecular weight is 434 g/mol. The van der Waals surface area contributed by atoms with Gasteiger partial charge in [0.25, 0.3) is 0 Å². The quantitative estimate of drug-likeness (QED) is 0.752. The monoisotopic (exact) mass is 434 g/mol. The Morgan fingerprint density at radius 3 is 2.38 bits per heavy atom. The van der Waals surface area contributed by atoms with Crippen molar-refractivity contribution in [2.24, 2.45) is 5.92 Å². The smallest absolute Gasteiger partial charge is 0.407 e. The Hall–Kier alpha value is -3.35. The molecular weight excluding hydrogens is 408 g/mol. The second kappa shape index (κ2) is 7.65. The maximum atomic E-state index is 13.0. The van der Waals surface area contributed by atoms with Crippen LogP contribution < -0.4 is 5.32 Å². The number of carbonyl (C=O) groups is 3. The van der Waals surface area contributed by atoms with Crippen molar-refractivity contribution >= 4 is 18.0 Å². The number of carbonyl (C=O) groups excluding carboxylic acids is 2. The molecule has 2 aromatic rings. The first-order chi connectivity index (χ1) is 15.4. The molecule has 1 aliphatic heterocycles. The van der Waals surface area contributed by atoms with Gasteiger partial charge in [-0.1, -0.05) is 48.5 Å². The van der Waals surface area contributed by atoms with Crippen LogP contribution in [-0.2, 0) is 14.3 Å². The molecule has 3 atom stereocenters. The van der Waals surface area contributed by atoms with Crippen molar-refractivity contribution in [1.29, 1.82) is 0 Å². The fourth-order valence-corrected chi connectivity index (χ4v) is 5.48. The minimum atomic E-state index is -1.09. The summed E-state index contributed by atoms with van der Waals surface area (Å²) in [7, 11) is 0. The zero-order chi connectivity index (χ0) is 22.5. The summed E-state index contributed by atoms with van der Waals surface area (Å²) in [5.41, 5.74) is 3.42. The summed E-state index contributed by atoms with van der Waals surface area (Å²) in [6.07, 6.45) is 1.42. The fourth-order valence-electron chi connectivity index (χ4n) is 5.48. The maximum Gasteiger partial charge on any atom is 0.407 e. The number of nitrogens with one attached hydrogen (secondary N) is 1. The molecule has 7 heteroatoms. The number of piperidine rings is 1. The van der Waals surface area contributed by atoms with Gasteiger partial charge in [-0.3, -0.25) is 4.79 Å². The molecule has 166 valence electrons. The molecule has 5 rings (SSSR count). The van der Waals surface area contributed by atoms with Crippen LogP contribution in [0.4, 0.5) is 4.79 Å². The number of hydrogen-bond donors (Lipinski definition) is 2. The van der Waals surface area contributed by atoms with E-state index in [-0.39, 0.29) is 24.3 Å². The molecule has 2 N–H and O–H groups in total. The highest BCUT2D eigenvalue weighted by Gasteiger charge is 2.67. The zero-order valence-electron chi connectivity index (χ0n) is 17.9. The van der Waals surface area contributed by atoms with Gasteiger partial charge in [-0.05, 0) is 54.4 Å². The second-order valence-electron chi connectivity index (χ2n) is 8.95. The van der Waals surface area contributed by atoms with Crippen molar-refractivity contribution < 1.29 is 24.2 Å². The van der Waals surface area contributed by atoms with Gasteiger partial charge in [-0.15, -0.1) is 0 Å². The molecule has 0 radical (unpaired) electrons. The molecule has 0 bridgehead atoms. The van der Waals surface area contributed by atoms with Gasteiger partial charge >= 0.3 is 12.1 Å². The Morgan fingerprint density at radius 2 is 1.75 bits per heavy atom. The lowest BCUT2D eigenvalue weighted by atomic mass is 9.98. The molecule has 2 amide bonds. The van der Waals surface area contributed by atoms with E-state index in [0.29, 0.717) is 13.0 Å². The standard InChI is InChI=1S/C25H26N2O5/c1-15(22(28)27-12-6-7-16-13-25(16,27)23(29)30)26-24(31)32-14-21-19-10-4-2-8-17(19)18-9-3-5-11-20(18)21/h2-5,8-11,15-16,21H,6-7,12-14H2,1H3,(H,26,31)(H,29,30)/t15-,16+,25-/m0/s1. The SMILES string of the molecule is C[C@H](NC(=O)OCC1c2ccccc2-c2ccccc21)C(=O)N1CCC[C@@H]2C[C@@]21C(=O)O. The lowest BCUT2D eigenvalue weighted by Crippen LogP contribution is -2.56. The average Bonchev–Trinajstić information content (AvgIpc) is 3.48. The summed E-state index contributed by atoms with van der Waals surface area (Å²) in [4.78, 5) is 38.7. The minimum Gasteiger partial charge on any atom is -0.479 e. The van der Waals surface area contributed by atoms with Crippen molar-refractivity contribution in [1.82, 2.24) is 10.2 Å². The highest BCUT2D eigenvalue weighted by Crippen LogP contribution is 2.54. The lowest BCUT2D eigenvalue weighted by Gasteiger charge is -2.35. The summed E-state index contributed by atoms with van der Waals surface area (Å²) in [5, 5.41) is 12.3. The van der Waals surface area contributed by atoms with Crippen LogP contribution in [-0.4, -0.2) is 52.7 Å². The summed E-state index contributed by atoms with van der Waals surface area (Å²) in [6, 6.07) is 15.3. The van der Waals surface area contributed by atoms with E-state index in [1.165, 1.54) is 4.90 Å². The van der Waals surface area contributed by atoms with Crippen molar-refractivity contribution in [3.63, 3.8) is 0 Å². The lowest BCUT2D eigenvalue weighted by molar-refractivity contribution is -0.155. The Kier molecular flexibility index (Phi) is 4.92. The number of ether oxygens (including phenoxy) is 1. The topological polar surface area (TPSA) is 95.9 Å². The first kappa shape index (κ1) is 20.5. The van der Waals surface area contributed by atoms with E-state index in [4.69, 9.17) is 4.74 Å². The van der Waals surface area contributed by atoms with Crippen LogP contribution in [0.15, 0.2) is 48.5 Å². The number of carboxylic acids is 1. The van der Waals surface area contributed by atoms with Gasteiger partial charge in [0.15, 0.2) is 0 Å². The number of amides is 2. The van der Waals surface area contributed by atoms with Crippen LogP contribution in [0.2, 0.25) is 0 Å². The molecule has 1 saturated heterocycles. The van der Waals surface area contributed by atoms with Crippen molar-refractivity contribution in [2.45, 2.75) is 43.7 Å². The third-order valence-corrected chi connectivity index (χ3v) is 7.17. The third kappa shape index (κ3) is 3.15. The van der Waals surface area contributed by atoms with E-state index in [9.17, 15) is 19.5 Å². The van der Waals surface area contributed by atoms with Crippen LogP contribution in [0, 0.1) is 5.92 Å². The number of rotatable bonds is 5. The predicted molar refractivity (Wildman–Crippen MR) is 117 cm³/mol. The van der Waals surface area contributed by atoms with Crippen LogP contribution >= 0.6 is 0 Å². The van der Waals surface area contributed by atoms with E-state index < -0.39 is 23.6 Å². The molecule has 0 aromatic heterocycles. The van der Waals surface area contributed by atoms with Crippen LogP contribution in [0.3, 0.4) is 0 Å². The molecule has 2 aliphatic carbocycles. The largest absolute Gasteiger partial charge is 0.479 e. The Bertz CT molecular complexity index is 1050. The first-order valence-corrected chi connectivity index (χ1v) is 11.1. The van der Waals surface area contributed by atoms with Gasteiger partial charge in [0.05, 0.1) is 0 Å². The summed E-state index contributed by atoms with van der Waals surface area (Å²) in [5.74, 6) is -1.38. The van der Waals surface area contributed by atoms with Crippen molar-refractivity contribution in [2.75, 3.05) is 13.2 Å². The predicted octanol–water partition coefficient (Wildman–Crippen LogP) is 3.38. The Morgan fingerprint density at radius 1 is 1.12 bits per heavy atom. The molecule has 1 saturated carbocycles. The molecule has 2 fully saturated rings. The van der Waals surface area contributed by atoms with Gasteiger partial charge in [0.1, 0.15) is 18.2 Å². The number of benzene rings is 2. The molecular formula is C25H26N2O5. The van der Waals surface area contributed by atoms with E-state index in [1.54, 1.807) is 6.92 Å². The Balaban J connectivity index is 1.23. The molecule has 2 aromatic carbocycles. The molecule has 0 spiro atoms. The highest BCUT2D eigenvalue weighted by atomic mass is 16.5. The fraction of sp³-hybridized carbons (Fsp3) is 0.400. The zero-order valence-corrected chi connectivity index (χ0v) is 17.9. The van der Waals surface area contributed by atoms with Crippen LogP contribution in [0.5, 0.6) is 0 Å². The molecule has 32 heavy (non-hydrogen) atoms. The normalized spacial score (nSPS) is 24.0. The van der Waals surface area contributed by atoms with E-state index in [0.717, 1.165) is 35.1 Å². The van der Waals surface area contributed by atoms with E-state index in [1.807, 2.05) is 36.4 Å². The number of fused-ring (bicyclic) bond motifs is 4. The number of carboxylic acid groups (broad SMARTS) is 1. The molecule has 0 unspecified atom stereocenters. The van der Waals surface area contributed by atoms with Gasteiger partial charge in [0.2, 0.25) is 5.91 Å². The molecule has 7 nitrogen and oxygen atoms in total. The third-order valence-electron chi connectivity index (χ3n) is 7.17. The number of hydrogen-bond acceptors (Lipinski definition) is 4. The van der Waals surface area contributed by atoms with Gasteiger partial charge in [-0.2, -0.15) is 0 Å².